The molecule has 2 aromatic heterocycles. The number of ether oxygens (including phenoxy) is 4. The first-order chi connectivity index (χ1) is 24.1. The van der Waals surface area contributed by atoms with Gasteiger partial charge >= 0.3 is 6.36 Å². The molecule has 11 nitrogen and oxygen atoms in total. The first-order valence-corrected chi connectivity index (χ1v) is 16.8. The van der Waals surface area contributed by atoms with E-state index in [1.165, 1.54) is 21.3 Å². The van der Waals surface area contributed by atoms with Crippen molar-refractivity contribution in [2.24, 2.45) is 0 Å². The maximum absolute atomic E-state index is 13.9. The Kier molecular flexibility index (Phi) is 10.7. The van der Waals surface area contributed by atoms with Crippen LogP contribution in [-0.4, -0.2) is 103 Å². The quantitative estimate of drug-likeness (QED) is 0.187. The van der Waals surface area contributed by atoms with Crippen molar-refractivity contribution in [3.63, 3.8) is 0 Å². The molecule has 50 heavy (non-hydrogen) atoms. The molecule has 1 amide bonds. The van der Waals surface area contributed by atoms with E-state index in [0.29, 0.717) is 41.8 Å². The molecule has 4 aromatic rings. The number of nitrogens with one attached hydrogen (secondary N) is 1. The molecule has 2 aliphatic heterocycles. The van der Waals surface area contributed by atoms with Crippen LogP contribution < -0.4 is 19.5 Å². The SMILES string of the molecule is COc1cc(C(=O)N2CCC(CCN3CCC(Nc4nc5ccccc5n4CCOC(F)(F)F)CC3)(c3cccnc3)C2)cc(OC)c1OC. The summed E-state index contributed by atoms with van der Waals surface area (Å²) in [5.41, 5.74) is 2.80. The van der Waals surface area contributed by atoms with Crippen molar-refractivity contribution in [3.8, 4) is 17.2 Å². The molecule has 14 heteroatoms. The summed E-state index contributed by atoms with van der Waals surface area (Å²) in [4.78, 5) is 27.3. The molecule has 1 unspecified atom stereocenters. The number of anilines is 1. The van der Waals surface area contributed by atoms with Crippen LogP contribution in [0.1, 0.15) is 41.6 Å². The van der Waals surface area contributed by atoms with Gasteiger partial charge in [-0.3, -0.25) is 14.5 Å². The highest BCUT2D eigenvalue weighted by Gasteiger charge is 2.42. The zero-order chi connectivity index (χ0) is 35.3. The van der Waals surface area contributed by atoms with Gasteiger partial charge in [-0.15, -0.1) is 13.2 Å². The number of hydrogen-bond acceptors (Lipinski definition) is 9. The molecule has 0 radical (unpaired) electrons. The predicted octanol–water partition coefficient (Wildman–Crippen LogP) is 5.74. The molecule has 0 aliphatic carbocycles. The van der Waals surface area contributed by atoms with Crippen molar-refractivity contribution in [1.29, 1.82) is 0 Å². The van der Waals surface area contributed by atoms with Crippen LogP contribution in [0.4, 0.5) is 19.1 Å². The van der Waals surface area contributed by atoms with Crippen LogP contribution in [0.15, 0.2) is 60.9 Å². The lowest BCUT2D eigenvalue weighted by Crippen LogP contribution is -2.42. The zero-order valence-corrected chi connectivity index (χ0v) is 28.5. The predicted molar refractivity (Wildman–Crippen MR) is 182 cm³/mol. The molecule has 4 heterocycles. The number of alkyl halides is 3. The number of pyridine rings is 1. The number of fused-ring (bicyclic) bond motifs is 1. The van der Waals surface area contributed by atoms with Crippen LogP contribution in [0.2, 0.25) is 0 Å². The number of piperidine rings is 1. The van der Waals surface area contributed by atoms with E-state index in [9.17, 15) is 18.0 Å². The third-order valence-electron chi connectivity index (χ3n) is 9.89. The van der Waals surface area contributed by atoms with Gasteiger partial charge in [-0.05, 0) is 68.1 Å². The number of aromatic nitrogens is 3. The number of carbonyl (C=O) groups excluding carboxylic acids is 1. The molecule has 1 atom stereocenters. The van der Waals surface area contributed by atoms with Gasteiger partial charge in [0, 0.05) is 62.1 Å². The second kappa shape index (κ2) is 15.1. The van der Waals surface area contributed by atoms with Crippen LogP contribution in [0.5, 0.6) is 17.2 Å². The molecule has 0 bridgehead atoms. The van der Waals surface area contributed by atoms with E-state index in [1.807, 2.05) is 41.4 Å². The van der Waals surface area contributed by atoms with E-state index in [4.69, 9.17) is 14.2 Å². The lowest BCUT2D eigenvalue weighted by Gasteiger charge is -2.36. The minimum atomic E-state index is -4.68. The number of imidazole rings is 1. The first kappa shape index (κ1) is 35.3. The highest BCUT2D eigenvalue weighted by atomic mass is 19.4. The van der Waals surface area contributed by atoms with Crippen molar-refractivity contribution < 1.29 is 36.9 Å². The van der Waals surface area contributed by atoms with E-state index in [1.54, 1.807) is 22.9 Å². The second-order valence-corrected chi connectivity index (χ2v) is 12.8. The molecule has 2 aromatic carbocycles. The third kappa shape index (κ3) is 7.76. The van der Waals surface area contributed by atoms with Crippen LogP contribution in [0.3, 0.4) is 0 Å². The molecule has 6 rings (SSSR count). The van der Waals surface area contributed by atoms with Gasteiger partial charge in [0.1, 0.15) is 0 Å². The summed E-state index contributed by atoms with van der Waals surface area (Å²) < 4.78 is 60.3. The molecule has 2 aliphatic rings. The van der Waals surface area contributed by atoms with Gasteiger partial charge in [0.25, 0.3) is 5.91 Å². The fourth-order valence-corrected chi connectivity index (χ4v) is 7.21. The van der Waals surface area contributed by atoms with Gasteiger partial charge in [0.2, 0.25) is 11.7 Å². The van der Waals surface area contributed by atoms with E-state index in [2.05, 4.69) is 31.0 Å². The Morgan fingerprint density at radius 2 is 1.72 bits per heavy atom. The highest BCUT2D eigenvalue weighted by molar-refractivity contribution is 5.96. The summed E-state index contributed by atoms with van der Waals surface area (Å²) in [6.07, 6.45) is 2.36. The van der Waals surface area contributed by atoms with Crippen molar-refractivity contribution in [1.82, 2.24) is 24.3 Å². The summed E-state index contributed by atoms with van der Waals surface area (Å²) >= 11 is 0. The normalized spacial score (nSPS) is 18.8. The van der Waals surface area contributed by atoms with Crippen LogP contribution >= 0.6 is 0 Å². The minimum absolute atomic E-state index is 0.0245. The average Bonchev–Trinajstić information content (AvgIpc) is 3.72. The minimum Gasteiger partial charge on any atom is -0.493 e. The van der Waals surface area contributed by atoms with E-state index < -0.39 is 13.0 Å². The number of rotatable bonds is 13. The first-order valence-electron chi connectivity index (χ1n) is 16.8. The molecule has 268 valence electrons. The fourth-order valence-electron chi connectivity index (χ4n) is 7.21. The average molecular weight is 697 g/mol. The number of carbonyl (C=O) groups is 1. The summed E-state index contributed by atoms with van der Waals surface area (Å²) in [6, 6.07) is 15.0. The molecule has 2 fully saturated rings. The summed E-state index contributed by atoms with van der Waals surface area (Å²) in [7, 11) is 4.59. The molecular formula is C36H43F3N6O5. The van der Waals surface area contributed by atoms with Crippen molar-refractivity contribution in [2.75, 3.05) is 66.0 Å². The highest BCUT2D eigenvalue weighted by Crippen LogP contribution is 2.41. The monoisotopic (exact) mass is 696 g/mol. The zero-order valence-electron chi connectivity index (χ0n) is 28.5. The van der Waals surface area contributed by atoms with E-state index in [0.717, 1.165) is 61.9 Å². The molecule has 0 spiro atoms. The van der Waals surface area contributed by atoms with Gasteiger partial charge in [-0.2, -0.15) is 0 Å². The Bertz CT molecular complexity index is 1740. The number of halogens is 3. The Labute approximate surface area is 289 Å². The number of nitrogens with zero attached hydrogens (tertiary/aromatic N) is 5. The Morgan fingerprint density at radius 1 is 0.980 bits per heavy atom. The smallest absolute Gasteiger partial charge is 0.493 e. The van der Waals surface area contributed by atoms with Gasteiger partial charge in [0.05, 0.1) is 39.0 Å². The maximum atomic E-state index is 13.9. The van der Waals surface area contributed by atoms with Crippen molar-refractivity contribution in [3.05, 3.63) is 72.1 Å². The van der Waals surface area contributed by atoms with Gasteiger partial charge < -0.3 is 33.9 Å². The Balaban J connectivity index is 1.10. The fraction of sp³-hybridized carbons (Fsp3) is 0.472. The standard InChI is InChI=1S/C36H43F3N6O5/c1-47-30-21-25(22-31(48-2)32(30)49-3)33(46)44-18-13-35(24-44,26-7-6-14-40-23-26)12-17-43-15-10-27(11-16-43)41-34-42-28-8-4-5-9-29(28)45(34)19-20-50-36(37,38)39/h4-9,14,21-23,27H,10-13,15-20,24H2,1-3H3,(H,41,42). The third-order valence-corrected chi connectivity index (χ3v) is 9.89. The molecular weight excluding hydrogens is 653 g/mol. The molecule has 0 saturated carbocycles. The van der Waals surface area contributed by atoms with E-state index >= 15 is 0 Å². The van der Waals surface area contributed by atoms with Gasteiger partial charge in [-0.1, -0.05) is 18.2 Å². The lowest BCUT2D eigenvalue weighted by molar-refractivity contribution is -0.325. The van der Waals surface area contributed by atoms with Crippen LogP contribution in [0, 0.1) is 0 Å². The van der Waals surface area contributed by atoms with Crippen molar-refractivity contribution in [2.45, 2.75) is 50.0 Å². The number of amides is 1. The molecule has 2 saturated heterocycles. The van der Waals surface area contributed by atoms with Crippen molar-refractivity contribution >= 4 is 22.9 Å². The Hall–Kier alpha value is -4.56. The lowest BCUT2D eigenvalue weighted by atomic mass is 9.77. The second-order valence-electron chi connectivity index (χ2n) is 12.8. The summed E-state index contributed by atoms with van der Waals surface area (Å²) in [6.45, 7) is 3.24. The molecule has 1 N–H and O–H groups in total. The maximum Gasteiger partial charge on any atom is 0.522 e. The van der Waals surface area contributed by atoms with Gasteiger partial charge in [-0.25, -0.2) is 4.98 Å². The number of benzene rings is 2. The summed E-state index contributed by atoms with van der Waals surface area (Å²) in [5.74, 6) is 1.74. The largest absolute Gasteiger partial charge is 0.522 e. The number of likely N-dealkylation sites (tertiary alicyclic amines) is 2. The van der Waals surface area contributed by atoms with Crippen LogP contribution in [-0.2, 0) is 16.7 Å². The van der Waals surface area contributed by atoms with Crippen LogP contribution in [0.25, 0.3) is 11.0 Å². The van der Waals surface area contributed by atoms with Gasteiger partial charge in [0.15, 0.2) is 11.5 Å². The number of para-hydroxylation sites is 2. The Morgan fingerprint density at radius 3 is 2.38 bits per heavy atom. The summed E-state index contributed by atoms with van der Waals surface area (Å²) in [5, 5.41) is 3.51. The topological polar surface area (TPSA) is 103 Å². The number of methoxy groups -OCH3 is 3. The number of hydrogen-bond donors (Lipinski definition) is 1. The van der Waals surface area contributed by atoms with E-state index in [-0.39, 0.29) is 23.9 Å².